The van der Waals surface area contributed by atoms with Gasteiger partial charge in [0.05, 0.1) is 18.0 Å². The Labute approximate surface area is 125 Å². The first-order valence-electron chi connectivity index (χ1n) is 7.65. The predicted molar refractivity (Wildman–Crippen MR) is 81.2 cm³/mol. The maximum absolute atomic E-state index is 11.7. The Morgan fingerprint density at radius 1 is 1.43 bits per heavy atom. The molecule has 1 saturated heterocycles. The number of amides is 2. The molecule has 1 aliphatic rings. The number of hydrogen-bond donors (Lipinski definition) is 3. The first kappa shape index (κ1) is 15.8. The van der Waals surface area contributed by atoms with Gasteiger partial charge in [-0.05, 0) is 32.9 Å². The monoisotopic (exact) mass is 295 g/mol. The molecular formula is C14H25N5O2. The lowest BCUT2D eigenvalue weighted by atomic mass is 10.1. The van der Waals surface area contributed by atoms with Gasteiger partial charge in [0.1, 0.15) is 0 Å². The van der Waals surface area contributed by atoms with Crippen LogP contribution >= 0.6 is 0 Å². The van der Waals surface area contributed by atoms with Crippen LogP contribution in [0.4, 0.5) is 10.5 Å². The topological polar surface area (TPSA) is 82.4 Å². The lowest BCUT2D eigenvalue weighted by molar-refractivity contribution is 0.102. The molecule has 2 amide bonds. The fraction of sp³-hybridized carbons (Fsp3) is 0.714. The fourth-order valence-electron chi connectivity index (χ4n) is 2.49. The van der Waals surface area contributed by atoms with Crippen LogP contribution in [0.5, 0.6) is 0 Å². The van der Waals surface area contributed by atoms with E-state index in [1.165, 1.54) is 19.3 Å². The van der Waals surface area contributed by atoms with Crippen LogP contribution in [0.15, 0.2) is 12.4 Å². The molecule has 0 radical (unpaired) electrons. The minimum absolute atomic E-state index is 0.254. The normalized spacial score (nSPS) is 17.4. The Bertz CT molecular complexity index is 442. The SMILES string of the molecule is CCn1cc(NC(=O)NCC(O)CN2CCCCC2)cn1. The second-order valence-electron chi connectivity index (χ2n) is 5.43. The van der Waals surface area contributed by atoms with Crippen LogP contribution in [-0.2, 0) is 6.54 Å². The largest absolute Gasteiger partial charge is 0.390 e. The van der Waals surface area contributed by atoms with Crippen molar-refractivity contribution >= 4 is 11.7 Å². The number of rotatable bonds is 6. The Morgan fingerprint density at radius 2 is 2.19 bits per heavy atom. The average Bonchev–Trinajstić information content (AvgIpc) is 2.94. The summed E-state index contributed by atoms with van der Waals surface area (Å²) in [5.74, 6) is 0. The summed E-state index contributed by atoms with van der Waals surface area (Å²) in [7, 11) is 0. The van der Waals surface area contributed by atoms with E-state index in [9.17, 15) is 9.90 Å². The third kappa shape index (κ3) is 5.35. The fourth-order valence-corrected chi connectivity index (χ4v) is 2.49. The van der Waals surface area contributed by atoms with E-state index >= 15 is 0 Å². The van der Waals surface area contributed by atoms with Crippen LogP contribution in [0.2, 0.25) is 0 Å². The second kappa shape index (κ2) is 7.99. The number of aromatic nitrogens is 2. The Hall–Kier alpha value is -1.60. The number of nitrogens with one attached hydrogen (secondary N) is 2. The number of β-amino-alcohol motifs (C(OH)–C–C–N with tert-alkyl or cyclic N) is 1. The number of piperidine rings is 1. The molecule has 1 aromatic heterocycles. The molecule has 1 aliphatic heterocycles. The summed E-state index contributed by atoms with van der Waals surface area (Å²) >= 11 is 0. The molecule has 2 heterocycles. The van der Waals surface area contributed by atoms with E-state index in [1.54, 1.807) is 17.1 Å². The molecular weight excluding hydrogens is 270 g/mol. The average molecular weight is 295 g/mol. The lowest BCUT2D eigenvalue weighted by Gasteiger charge is -2.28. The number of carbonyl (C=O) groups is 1. The van der Waals surface area contributed by atoms with Crippen molar-refractivity contribution in [2.45, 2.75) is 38.8 Å². The molecule has 0 aromatic carbocycles. The molecule has 1 unspecified atom stereocenters. The van der Waals surface area contributed by atoms with Crippen molar-refractivity contribution in [2.24, 2.45) is 0 Å². The van der Waals surface area contributed by atoms with Gasteiger partial charge in [-0.2, -0.15) is 5.10 Å². The molecule has 7 heteroatoms. The summed E-state index contributed by atoms with van der Waals surface area (Å²) in [4.78, 5) is 14.0. The highest BCUT2D eigenvalue weighted by atomic mass is 16.3. The van der Waals surface area contributed by atoms with E-state index in [0.717, 1.165) is 19.6 Å². The molecule has 21 heavy (non-hydrogen) atoms. The second-order valence-corrected chi connectivity index (χ2v) is 5.43. The van der Waals surface area contributed by atoms with Crippen molar-refractivity contribution in [3.63, 3.8) is 0 Å². The van der Waals surface area contributed by atoms with Gasteiger partial charge in [-0.3, -0.25) is 4.68 Å². The van der Waals surface area contributed by atoms with Gasteiger partial charge in [0.2, 0.25) is 0 Å². The summed E-state index contributed by atoms with van der Waals surface area (Å²) < 4.78 is 1.74. The van der Waals surface area contributed by atoms with Crippen LogP contribution in [-0.4, -0.2) is 58.1 Å². The van der Waals surface area contributed by atoms with Gasteiger partial charge >= 0.3 is 6.03 Å². The third-order valence-electron chi connectivity index (χ3n) is 3.63. The number of carbonyl (C=O) groups excluding carboxylic acids is 1. The number of anilines is 1. The molecule has 1 fully saturated rings. The van der Waals surface area contributed by atoms with Crippen LogP contribution in [0, 0.1) is 0 Å². The van der Waals surface area contributed by atoms with E-state index < -0.39 is 6.10 Å². The van der Waals surface area contributed by atoms with Crippen molar-refractivity contribution in [2.75, 3.05) is 31.5 Å². The van der Waals surface area contributed by atoms with E-state index in [1.807, 2.05) is 6.92 Å². The molecule has 118 valence electrons. The molecule has 3 N–H and O–H groups in total. The van der Waals surface area contributed by atoms with Crippen molar-refractivity contribution in [1.29, 1.82) is 0 Å². The highest BCUT2D eigenvalue weighted by molar-refractivity contribution is 5.88. The molecule has 1 atom stereocenters. The zero-order valence-electron chi connectivity index (χ0n) is 12.6. The highest BCUT2D eigenvalue weighted by Crippen LogP contribution is 2.08. The third-order valence-corrected chi connectivity index (χ3v) is 3.63. The van der Waals surface area contributed by atoms with Crippen molar-refractivity contribution in [3.05, 3.63) is 12.4 Å². The quantitative estimate of drug-likeness (QED) is 0.727. The number of urea groups is 1. The van der Waals surface area contributed by atoms with Gasteiger partial charge < -0.3 is 20.6 Å². The summed E-state index contributed by atoms with van der Waals surface area (Å²) in [6, 6.07) is -0.316. The lowest BCUT2D eigenvalue weighted by Crippen LogP contribution is -2.42. The Balaban J connectivity index is 1.65. The smallest absolute Gasteiger partial charge is 0.319 e. The number of likely N-dealkylation sites (tertiary alicyclic amines) is 1. The maximum atomic E-state index is 11.7. The minimum atomic E-state index is -0.535. The summed E-state index contributed by atoms with van der Waals surface area (Å²) in [5, 5.41) is 19.4. The predicted octanol–water partition coefficient (Wildman–Crippen LogP) is 0.871. The standard InChI is InChI=1S/C14H25N5O2/c1-2-19-10-12(8-16-19)17-14(21)15-9-13(20)11-18-6-4-3-5-7-18/h8,10,13,20H,2-7,9,11H2,1H3,(H2,15,17,21). The number of hydrogen-bond acceptors (Lipinski definition) is 4. The van der Waals surface area contributed by atoms with Gasteiger partial charge in [0.15, 0.2) is 0 Å². The Kier molecular flexibility index (Phi) is 6.01. The first-order valence-corrected chi connectivity index (χ1v) is 7.65. The van der Waals surface area contributed by atoms with Crippen molar-refractivity contribution in [1.82, 2.24) is 20.0 Å². The van der Waals surface area contributed by atoms with Crippen molar-refractivity contribution in [3.8, 4) is 0 Å². The van der Waals surface area contributed by atoms with E-state index in [0.29, 0.717) is 12.2 Å². The Morgan fingerprint density at radius 3 is 2.86 bits per heavy atom. The van der Waals surface area contributed by atoms with Crippen molar-refractivity contribution < 1.29 is 9.90 Å². The van der Waals surface area contributed by atoms with E-state index in [-0.39, 0.29) is 12.6 Å². The van der Waals surface area contributed by atoms with Gasteiger partial charge in [-0.1, -0.05) is 6.42 Å². The minimum Gasteiger partial charge on any atom is -0.390 e. The van der Waals surface area contributed by atoms with Gasteiger partial charge in [-0.25, -0.2) is 4.79 Å². The number of nitrogens with zero attached hydrogens (tertiary/aromatic N) is 3. The van der Waals surface area contributed by atoms with E-state index in [4.69, 9.17) is 0 Å². The summed E-state index contributed by atoms with van der Waals surface area (Å²) in [5.41, 5.74) is 0.653. The number of aliphatic hydroxyl groups is 1. The van der Waals surface area contributed by atoms with E-state index in [2.05, 4.69) is 20.6 Å². The zero-order valence-corrected chi connectivity index (χ0v) is 12.6. The van der Waals surface area contributed by atoms with Gasteiger partial charge in [0.25, 0.3) is 0 Å². The van der Waals surface area contributed by atoms with Gasteiger partial charge in [-0.15, -0.1) is 0 Å². The molecule has 2 rings (SSSR count). The van der Waals surface area contributed by atoms with Gasteiger partial charge in [0, 0.05) is 25.8 Å². The maximum Gasteiger partial charge on any atom is 0.319 e. The molecule has 0 bridgehead atoms. The highest BCUT2D eigenvalue weighted by Gasteiger charge is 2.15. The van der Waals surface area contributed by atoms with Crippen LogP contribution in [0.3, 0.4) is 0 Å². The first-order chi connectivity index (χ1) is 10.2. The summed E-state index contributed by atoms with van der Waals surface area (Å²) in [6.45, 7) is 5.70. The summed E-state index contributed by atoms with van der Waals surface area (Å²) in [6.07, 6.45) is 6.51. The molecule has 0 aliphatic carbocycles. The molecule has 7 nitrogen and oxygen atoms in total. The van der Waals surface area contributed by atoms with Crippen LogP contribution in [0.1, 0.15) is 26.2 Å². The number of aliphatic hydroxyl groups excluding tert-OH is 1. The number of aryl methyl sites for hydroxylation is 1. The van der Waals surface area contributed by atoms with Crippen LogP contribution < -0.4 is 10.6 Å². The molecule has 0 saturated carbocycles. The molecule has 0 spiro atoms. The van der Waals surface area contributed by atoms with Crippen LogP contribution in [0.25, 0.3) is 0 Å². The molecule has 1 aromatic rings. The zero-order chi connectivity index (χ0) is 15.1.